The summed E-state index contributed by atoms with van der Waals surface area (Å²) < 4.78 is 2.97. The quantitative estimate of drug-likeness (QED) is 0.637. The Balaban J connectivity index is 2.27. The molecule has 4 nitrogen and oxygen atoms in total. The lowest BCUT2D eigenvalue weighted by molar-refractivity contribution is 1.11. The van der Waals surface area contributed by atoms with Gasteiger partial charge in [-0.25, -0.2) is 0 Å². The van der Waals surface area contributed by atoms with Crippen LogP contribution in [0.5, 0.6) is 0 Å². The number of hydrogen-bond acceptors (Lipinski definition) is 3. The van der Waals surface area contributed by atoms with Crippen LogP contribution < -0.4 is 0 Å². The molecule has 0 unspecified atom stereocenters. The van der Waals surface area contributed by atoms with E-state index in [0.29, 0.717) is 5.56 Å². The van der Waals surface area contributed by atoms with Crippen molar-refractivity contribution in [1.29, 1.82) is 5.26 Å². The molecule has 0 N–H and O–H groups in total. The first-order valence-electron chi connectivity index (χ1n) is 5.29. The van der Waals surface area contributed by atoms with Gasteiger partial charge in [-0.3, -0.25) is 4.40 Å². The Morgan fingerprint density at radius 2 is 2.06 bits per heavy atom. The van der Waals surface area contributed by atoms with E-state index in [2.05, 4.69) is 38.9 Å². The molecule has 86 valence electrons. The van der Waals surface area contributed by atoms with Crippen LogP contribution in [0, 0.1) is 14.9 Å². The summed E-state index contributed by atoms with van der Waals surface area (Å²) in [5.74, 6) is 0.751. The second kappa shape index (κ2) is 4.38. The van der Waals surface area contributed by atoms with Crippen LogP contribution in [0.15, 0.2) is 42.6 Å². The highest BCUT2D eigenvalue weighted by Gasteiger charge is 2.08. The number of aromatic nitrogens is 3. The molecular formula is C13H7IN4. The molecule has 3 aromatic rings. The van der Waals surface area contributed by atoms with Gasteiger partial charge in [0.1, 0.15) is 6.07 Å². The molecule has 0 saturated heterocycles. The van der Waals surface area contributed by atoms with Gasteiger partial charge in [-0.15, -0.1) is 10.2 Å². The van der Waals surface area contributed by atoms with Crippen molar-refractivity contribution >= 4 is 28.2 Å². The van der Waals surface area contributed by atoms with Crippen LogP contribution in [0.4, 0.5) is 0 Å². The van der Waals surface area contributed by atoms with Gasteiger partial charge in [0, 0.05) is 15.3 Å². The largest absolute Gasteiger partial charge is 0.281 e. The fourth-order valence-corrected chi connectivity index (χ4v) is 2.32. The number of fused-ring (bicyclic) bond motifs is 1. The monoisotopic (exact) mass is 346 g/mol. The highest BCUT2D eigenvalue weighted by molar-refractivity contribution is 14.1. The molecule has 1 aromatic carbocycles. The number of halogens is 1. The summed E-state index contributed by atoms with van der Waals surface area (Å²) in [6.07, 6.45) is 1.75. The van der Waals surface area contributed by atoms with Gasteiger partial charge < -0.3 is 0 Å². The lowest BCUT2D eigenvalue weighted by Crippen LogP contribution is -1.91. The Labute approximate surface area is 117 Å². The van der Waals surface area contributed by atoms with Gasteiger partial charge in [0.2, 0.25) is 0 Å². The highest BCUT2D eigenvalue weighted by atomic mass is 127. The topological polar surface area (TPSA) is 54.0 Å². The average molecular weight is 346 g/mol. The van der Waals surface area contributed by atoms with Crippen LogP contribution in [0.3, 0.4) is 0 Å². The standard InChI is InChI=1S/C13H7IN4/c14-11-3-1-2-10(6-11)13-17-16-12-5-4-9(7-15)8-18(12)13/h1-6,8H. The fraction of sp³-hybridized carbons (Fsp3) is 0. The van der Waals surface area contributed by atoms with Crippen LogP contribution in [-0.4, -0.2) is 14.6 Å². The number of hydrogen-bond donors (Lipinski definition) is 0. The molecule has 0 aliphatic carbocycles. The summed E-state index contributed by atoms with van der Waals surface area (Å²) >= 11 is 2.26. The van der Waals surface area contributed by atoms with Crippen molar-refractivity contribution in [3.63, 3.8) is 0 Å². The first-order chi connectivity index (χ1) is 8.78. The minimum atomic E-state index is 0.592. The summed E-state index contributed by atoms with van der Waals surface area (Å²) in [5, 5.41) is 17.2. The van der Waals surface area contributed by atoms with Gasteiger partial charge >= 0.3 is 0 Å². The zero-order valence-corrected chi connectivity index (χ0v) is 11.4. The van der Waals surface area contributed by atoms with Gasteiger partial charge in [-0.2, -0.15) is 5.26 Å². The summed E-state index contributed by atoms with van der Waals surface area (Å²) in [6, 6.07) is 13.7. The Morgan fingerprint density at radius 3 is 2.83 bits per heavy atom. The maximum Gasteiger partial charge on any atom is 0.168 e. The van der Waals surface area contributed by atoms with E-state index in [-0.39, 0.29) is 0 Å². The molecule has 0 spiro atoms. The first-order valence-corrected chi connectivity index (χ1v) is 6.36. The molecule has 0 aliphatic heterocycles. The maximum atomic E-state index is 8.93. The predicted octanol–water partition coefficient (Wildman–Crippen LogP) is 2.87. The third-order valence-electron chi connectivity index (χ3n) is 2.61. The van der Waals surface area contributed by atoms with E-state index in [1.165, 1.54) is 0 Å². The Morgan fingerprint density at radius 1 is 1.17 bits per heavy atom. The lowest BCUT2D eigenvalue weighted by atomic mass is 10.2. The fourth-order valence-electron chi connectivity index (χ4n) is 1.78. The molecule has 2 aromatic heterocycles. The molecule has 0 fully saturated rings. The van der Waals surface area contributed by atoms with Crippen molar-refractivity contribution in [3.05, 3.63) is 51.7 Å². The minimum absolute atomic E-state index is 0.592. The van der Waals surface area contributed by atoms with Gasteiger partial charge in [-0.1, -0.05) is 12.1 Å². The molecule has 2 heterocycles. The molecule has 5 heteroatoms. The summed E-state index contributed by atoms with van der Waals surface area (Å²) in [6.45, 7) is 0. The number of rotatable bonds is 1. The third-order valence-corrected chi connectivity index (χ3v) is 3.29. The van der Waals surface area contributed by atoms with Gasteiger partial charge in [-0.05, 0) is 46.9 Å². The lowest BCUT2D eigenvalue weighted by Gasteiger charge is -2.00. The second-order valence-corrected chi connectivity index (χ2v) is 5.04. The summed E-state index contributed by atoms with van der Waals surface area (Å²) in [5.41, 5.74) is 2.32. The van der Waals surface area contributed by atoms with Crippen molar-refractivity contribution in [2.24, 2.45) is 0 Å². The normalized spacial score (nSPS) is 10.4. The predicted molar refractivity (Wildman–Crippen MR) is 75.9 cm³/mol. The SMILES string of the molecule is N#Cc1ccc2nnc(-c3cccc(I)c3)n2c1. The number of pyridine rings is 1. The van der Waals surface area contributed by atoms with E-state index in [4.69, 9.17) is 5.26 Å². The van der Waals surface area contributed by atoms with Crippen LogP contribution in [0.25, 0.3) is 17.0 Å². The van der Waals surface area contributed by atoms with Crippen molar-refractivity contribution in [2.75, 3.05) is 0 Å². The van der Waals surface area contributed by atoms with E-state index in [0.717, 1.165) is 20.6 Å². The van der Waals surface area contributed by atoms with Crippen LogP contribution >= 0.6 is 22.6 Å². The minimum Gasteiger partial charge on any atom is -0.281 e. The second-order valence-electron chi connectivity index (χ2n) is 3.79. The van der Waals surface area contributed by atoms with Crippen molar-refractivity contribution in [3.8, 4) is 17.5 Å². The van der Waals surface area contributed by atoms with Crippen molar-refractivity contribution in [1.82, 2.24) is 14.6 Å². The van der Waals surface area contributed by atoms with Crippen LogP contribution in [-0.2, 0) is 0 Å². The number of nitrogens with zero attached hydrogens (tertiary/aromatic N) is 4. The molecule has 0 aliphatic rings. The molecule has 0 amide bonds. The van der Waals surface area contributed by atoms with Crippen molar-refractivity contribution in [2.45, 2.75) is 0 Å². The average Bonchev–Trinajstić information content (AvgIpc) is 2.81. The molecule has 3 rings (SSSR count). The Kier molecular flexibility index (Phi) is 2.72. The molecule has 0 atom stereocenters. The molecule has 0 radical (unpaired) electrons. The van der Waals surface area contributed by atoms with E-state index in [1.54, 1.807) is 18.3 Å². The van der Waals surface area contributed by atoms with Crippen LogP contribution in [0.1, 0.15) is 5.56 Å². The van der Waals surface area contributed by atoms with Crippen LogP contribution in [0.2, 0.25) is 0 Å². The highest BCUT2D eigenvalue weighted by Crippen LogP contribution is 2.20. The first kappa shape index (κ1) is 11.2. The zero-order chi connectivity index (χ0) is 12.5. The van der Waals surface area contributed by atoms with E-state index in [9.17, 15) is 0 Å². The molecule has 0 saturated carbocycles. The summed E-state index contributed by atoms with van der Waals surface area (Å²) in [7, 11) is 0. The van der Waals surface area contributed by atoms with Gasteiger partial charge in [0.05, 0.1) is 5.56 Å². The molecule has 0 bridgehead atoms. The number of benzene rings is 1. The Hall–Kier alpha value is -1.94. The number of nitriles is 1. The van der Waals surface area contributed by atoms with E-state index < -0.39 is 0 Å². The zero-order valence-electron chi connectivity index (χ0n) is 9.21. The van der Waals surface area contributed by atoms with E-state index in [1.807, 2.05) is 28.7 Å². The smallest absolute Gasteiger partial charge is 0.168 e. The van der Waals surface area contributed by atoms with Crippen molar-refractivity contribution < 1.29 is 0 Å². The third kappa shape index (κ3) is 1.84. The van der Waals surface area contributed by atoms with Gasteiger partial charge in [0.25, 0.3) is 0 Å². The molecular weight excluding hydrogens is 339 g/mol. The summed E-state index contributed by atoms with van der Waals surface area (Å²) in [4.78, 5) is 0. The maximum absolute atomic E-state index is 8.93. The van der Waals surface area contributed by atoms with E-state index >= 15 is 0 Å². The molecule has 18 heavy (non-hydrogen) atoms. The van der Waals surface area contributed by atoms with Gasteiger partial charge in [0.15, 0.2) is 11.5 Å². The Bertz CT molecular complexity index is 770.